The molecule has 2 heterocycles. The summed E-state index contributed by atoms with van der Waals surface area (Å²) in [5, 5.41) is 0. The third kappa shape index (κ3) is 2.09. The van der Waals surface area contributed by atoms with Gasteiger partial charge in [-0.3, -0.25) is 4.98 Å². The highest BCUT2D eigenvalue weighted by Gasteiger charge is 2.22. The lowest BCUT2D eigenvalue weighted by Gasteiger charge is -2.27. The number of nitrogens with zero attached hydrogens (tertiary/aromatic N) is 1. The highest BCUT2D eigenvalue weighted by Crippen LogP contribution is 2.21. The van der Waals surface area contributed by atoms with Crippen molar-refractivity contribution < 1.29 is 9.47 Å². The molecule has 1 saturated heterocycles. The Labute approximate surface area is 83.0 Å². The van der Waals surface area contributed by atoms with E-state index in [0.717, 1.165) is 5.56 Å². The first-order valence-corrected chi connectivity index (χ1v) is 4.69. The van der Waals surface area contributed by atoms with E-state index in [0.29, 0.717) is 20.0 Å². The summed E-state index contributed by atoms with van der Waals surface area (Å²) in [7, 11) is 0. The first-order chi connectivity index (χ1) is 6.88. The van der Waals surface area contributed by atoms with Crippen molar-refractivity contribution >= 4 is 0 Å². The lowest BCUT2D eigenvalue weighted by Crippen LogP contribution is -2.33. The van der Waals surface area contributed by atoms with Crippen LogP contribution in [0.4, 0.5) is 0 Å². The van der Waals surface area contributed by atoms with E-state index in [2.05, 4.69) is 4.98 Å². The third-order valence-corrected chi connectivity index (χ3v) is 2.41. The molecule has 0 radical (unpaired) electrons. The van der Waals surface area contributed by atoms with E-state index >= 15 is 0 Å². The molecule has 2 rings (SSSR count). The molecule has 0 aromatic carbocycles. The summed E-state index contributed by atoms with van der Waals surface area (Å²) < 4.78 is 10.4. The largest absolute Gasteiger partial charge is 0.355 e. The minimum Gasteiger partial charge on any atom is -0.355 e. The quantitative estimate of drug-likeness (QED) is 0.753. The number of aromatic nitrogens is 1. The highest BCUT2D eigenvalue weighted by molar-refractivity contribution is 5.14. The molecule has 1 aliphatic heterocycles. The fraction of sp³-hybridized carbons (Fsp3) is 0.500. The molecule has 0 spiro atoms. The number of rotatable bonds is 2. The van der Waals surface area contributed by atoms with Crippen LogP contribution in [-0.2, 0) is 9.47 Å². The van der Waals surface area contributed by atoms with Gasteiger partial charge in [-0.05, 0) is 11.6 Å². The van der Waals surface area contributed by atoms with Crippen molar-refractivity contribution in [1.29, 1.82) is 0 Å². The molecule has 14 heavy (non-hydrogen) atoms. The minimum atomic E-state index is -0.0519. The number of hydrogen-bond donors (Lipinski definition) is 1. The first-order valence-electron chi connectivity index (χ1n) is 4.69. The summed E-state index contributed by atoms with van der Waals surface area (Å²) in [6, 6.07) is 3.82. The number of hydrogen-bond acceptors (Lipinski definition) is 4. The van der Waals surface area contributed by atoms with Crippen LogP contribution in [0.3, 0.4) is 0 Å². The van der Waals surface area contributed by atoms with Gasteiger partial charge in [0.2, 0.25) is 0 Å². The highest BCUT2D eigenvalue weighted by atomic mass is 16.7. The summed E-state index contributed by atoms with van der Waals surface area (Å²) in [5.41, 5.74) is 7.10. The normalized spacial score (nSPS) is 20.6. The van der Waals surface area contributed by atoms with Crippen LogP contribution in [-0.4, -0.2) is 25.0 Å². The molecule has 0 unspecified atom stereocenters. The average Bonchev–Trinajstić information content (AvgIpc) is 2.30. The van der Waals surface area contributed by atoms with Crippen LogP contribution < -0.4 is 5.73 Å². The zero-order valence-electron chi connectivity index (χ0n) is 7.93. The van der Waals surface area contributed by atoms with E-state index in [1.54, 1.807) is 12.4 Å². The zero-order valence-corrected chi connectivity index (χ0v) is 7.93. The Morgan fingerprint density at radius 2 is 2.21 bits per heavy atom. The smallest absolute Gasteiger partial charge is 0.146 e. The third-order valence-electron chi connectivity index (χ3n) is 2.41. The van der Waals surface area contributed by atoms with Crippen molar-refractivity contribution in [3.63, 3.8) is 0 Å². The second-order valence-electron chi connectivity index (χ2n) is 3.43. The molecule has 4 nitrogen and oxygen atoms in total. The molecule has 4 heteroatoms. The summed E-state index contributed by atoms with van der Waals surface area (Å²) in [5.74, 6) is 0.230. The van der Waals surface area contributed by atoms with Gasteiger partial charge in [0, 0.05) is 24.4 Å². The molecular weight excluding hydrogens is 180 g/mol. The molecule has 0 aliphatic carbocycles. The van der Waals surface area contributed by atoms with Crippen molar-refractivity contribution in [2.24, 2.45) is 11.7 Å². The summed E-state index contributed by atoms with van der Waals surface area (Å²) in [6.45, 7) is 1.71. The standard InChI is InChI=1S/C10H14N2O2/c11-10(8-2-1-3-12-4-8)9-5-13-7-14-6-9/h1-4,9-10H,5-7,11H2/t10-/m0/s1. The van der Waals surface area contributed by atoms with Gasteiger partial charge < -0.3 is 15.2 Å². The Bertz CT molecular complexity index is 273. The molecule has 1 fully saturated rings. The van der Waals surface area contributed by atoms with E-state index in [4.69, 9.17) is 15.2 Å². The van der Waals surface area contributed by atoms with Gasteiger partial charge in [-0.1, -0.05) is 6.07 Å². The van der Waals surface area contributed by atoms with Crippen LogP contribution in [0.2, 0.25) is 0 Å². The number of ether oxygens (including phenoxy) is 2. The zero-order chi connectivity index (χ0) is 9.80. The molecule has 0 amide bonds. The van der Waals surface area contributed by atoms with E-state index in [9.17, 15) is 0 Å². The van der Waals surface area contributed by atoms with Gasteiger partial charge in [-0.2, -0.15) is 0 Å². The Hall–Kier alpha value is -0.970. The molecule has 76 valence electrons. The van der Waals surface area contributed by atoms with Crippen molar-refractivity contribution in [2.75, 3.05) is 20.0 Å². The minimum absolute atomic E-state index is 0.0519. The second-order valence-corrected chi connectivity index (χ2v) is 3.43. The maximum absolute atomic E-state index is 6.07. The SMILES string of the molecule is N[C@@H](c1cccnc1)C1COCOC1. The Morgan fingerprint density at radius 3 is 2.86 bits per heavy atom. The molecular formula is C10H14N2O2. The Morgan fingerprint density at radius 1 is 1.43 bits per heavy atom. The van der Waals surface area contributed by atoms with E-state index < -0.39 is 0 Å². The van der Waals surface area contributed by atoms with E-state index in [1.807, 2.05) is 12.1 Å². The molecule has 2 N–H and O–H groups in total. The van der Waals surface area contributed by atoms with Crippen LogP contribution in [0.25, 0.3) is 0 Å². The Balaban J connectivity index is 2.03. The predicted molar refractivity (Wildman–Crippen MR) is 51.4 cm³/mol. The van der Waals surface area contributed by atoms with E-state index in [-0.39, 0.29) is 12.0 Å². The van der Waals surface area contributed by atoms with Gasteiger partial charge in [0.25, 0.3) is 0 Å². The van der Waals surface area contributed by atoms with E-state index in [1.165, 1.54) is 0 Å². The van der Waals surface area contributed by atoms with Crippen molar-refractivity contribution in [2.45, 2.75) is 6.04 Å². The van der Waals surface area contributed by atoms with Gasteiger partial charge in [-0.15, -0.1) is 0 Å². The van der Waals surface area contributed by atoms with Crippen LogP contribution in [0.5, 0.6) is 0 Å². The molecule has 1 aromatic rings. The molecule has 0 saturated carbocycles. The number of pyridine rings is 1. The van der Waals surface area contributed by atoms with Crippen molar-refractivity contribution in [3.8, 4) is 0 Å². The van der Waals surface area contributed by atoms with Crippen molar-refractivity contribution in [3.05, 3.63) is 30.1 Å². The number of nitrogens with two attached hydrogens (primary N) is 1. The van der Waals surface area contributed by atoms with Crippen molar-refractivity contribution in [1.82, 2.24) is 4.98 Å². The monoisotopic (exact) mass is 194 g/mol. The summed E-state index contributed by atoms with van der Waals surface area (Å²) in [6.07, 6.45) is 3.53. The Kier molecular flexibility index (Phi) is 3.08. The van der Waals surface area contributed by atoms with Gasteiger partial charge in [0.15, 0.2) is 0 Å². The fourth-order valence-electron chi connectivity index (χ4n) is 1.56. The van der Waals surface area contributed by atoms with Gasteiger partial charge >= 0.3 is 0 Å². The average molecular weight is 194 g/mol. The molecule has 1 aromatic heterocycles. The first kappa shape index (κ1) is 9.58. The topological polar surface area (TPSA) is 57.4 Å². The van der Waals surface area contributed by atoms with Gasteiger partial charge in [-0.25, -0.2) is 0 Å². The lowest BCUT2D eigenvalue weighted by molar-refractivity contribution is -0.130. The second kappa shape index (κ2) is 4.50. The molecule has 1 aliphatic rings. The van der Waals surface area contributed by atoms with Crippen LogP contribution in [0.1, 0.15) is 11.6 Å². The molecule has 1 atom stereocenters. The predicted octanol–water partition coefficient (Wildman–Crippen LogP) is 0.702. The molecule has 0 bridgehead atoms. The van der Waals surface area contributed by atoms with Crippen LogP contribution in [0, 0.1) is 5.92 Å². The fourth-order valence-corrected chi connectivity index (χ4v) is 1.56. The maximum Gasteiger partial charge on any atom is 0.146 e. The van der Waals surface area contributed by atoms with Crippen LogP contribution in [0.15, 0.2) is 24.5 Å². The van der Waals surface area contributed by atoms with Gasteiger partial charge in [0.05, 0.1) is 13.2 Å². The summed E-state index contributed by atoms with van der Waals surface area (Å²) >= 11 is 0. The maximum atomic E-state index is 6.07. The summed E-state index contributed by atoms with van der Waals surface area (Å²) in [4.78, 5) is 4.04. The van der Waals surface area contributed by atoms with Crippen LogP contribution >= 0.6 is 0 Å². The lowest BCUT2D eigenvalue weighted by atomic mass is 9.96. The van der Waals surface area contributed by atoms with Gasteiger partial charge in [0.1, 0.15) is 6.79 Å².